The summed E-state index contributed by atoms with van der Waals surface area (Å²) in [4.78, 5) is 14.8. The first kappa shape index (κ1) is 23.7. The molecule has 176 valence electrons. The Morgan fingerprint density at radius 2 is 1.79 bits per heavy atom. The monoisotopic (exact) mass is 470 g/mol. The summed E-state index contributed by atoms with van der Waals surface area (Å²) >= 11 is 5.79. The van der Waals surface area contributed by atoms with Gasteiger partial charge in [-0.05, 0) is 74.7 Å². The quantitative estimate of drug-likeness (QED) is 0.555. The lowest BCUT2D eigenvalue weighted by Crippen LogP contribution is -2.44. The molecule has 2 aliphatic heterocycles. The van der Waals surface area contributed by atoms with E-state index < -0.39 is 5.82 Å². The van der Waals surface area contributed by atoms with Gasteiger partial charge in [0, 0.05) is 43.0 Å². The predicted octanol–water partition coefficient (Wildman–Crippen LogP) is 4.55. The highest BCUT2D eigenvalue weighted by Gasteiger charge is 2.21. The molecule has 0 atom stereocenters. The van der Waals surface area contributed by atoms with Crippen LogP contribution in [0.4, 0.5) is 10.1 Å². The molecular formula is C26H32ClFN4O. The molecule has 0 aliphatic carbocycles. The molecule has 0 bridgehead atoms. The second-order valence-corrected chi connectivity index (χ2v) is 9.28. The Morgan fingerprint density at radius 3 is 2.48 bits per heavy atom. The highest BCUT2D eigenvalue weighted by Crippen LogP contribution is 2.18. The third-order valence-electron chi connectivity index (χ3n) is 6.40. The number of carbonyl (C=O) groups is 1. The Labute approximate surface area is 200 Å². The SMILES string of the molecule is O=C(NC1CCN(C/C=C/c2ccc(NC3CCNCC3)cc2)CC1)c1ccc(F)c(Cl)c1. The molecule has 4 rings (SSSR count). The molecule has 0 aromatic heterocycles. The molecule has 2 heterocycles. The molecule has 0 radical (unpaired) electrons. The van der Waals surface area contributed by atoms with E-state index in [0.717, 1.165) is 45.6 Å². The van der Waals surface area contributed by atoms with Crippen LogP contribution in [0, 0.1) is 5.82 Å². The summed E-state index contributed by atoms with van der Waals surface area (Å²) in [5.41, 5.74) is 2.78. The number of nitrogens with one attached hydrogen (secondary N) is 3. The van der Waals surface area contributed by atoms with Crippen molar-refractivity contribution in [2.75, 3.05) is 38.0 Å². The van der Waals surface area contributed by atoms with E-state index in [-0.39, 0.29) is 17.0 Å². The smallest absolute Gasteiger partial charge is 0.251 e. The van der Waals surface area contributed by atoms with Crippen LogP contribution in [0.25, 0.3) is 6.08 Å². The molecule has 0 unspecified atom stereocenters. The first-order valence-corrected chi connectivity index (χ1v) is 12.2. The summed E-state index contributed by atoms with van der Waals surface area (Å²) in [6.07, 6.45) is 8.50. The van der Waals surface area contributed by atoms with Gasteiger partial charge in [-0.15, -0.1) is 0 Å². The van der Waals surface area contributed by atoms with Crippen molar-refractivity contribution in [2.24, 2.45) is 0 Å². The maximum absolute atomic E-state index is 13.3. The van der Waals surface area contributed by atoms with Gasteiger partial charge in [-0.2, -0.15) is 0 Å². The van der Waals surface area contributed by atoms with Crippen molar-refractivity contribution in [2.45, 2.75) is 37.8 Å². The minimum atomic E-state index is -0.514. The normalized spacial score (nSPS) is 18.5. The summed E-state index contributed by atoms with van der Waals surface area (Å²) in [6, 6.07) is 13.4. The van der Waals surface area contributed by atoms with Crippen molar-refractivity contribution in [3.05, 3.63) is 70.5 Å². The summed E-state index contributed by atoms with van der Waals surface area (Å²) in [5, 5.41) is 10.0. The van der Waals surface area contributed by atoms with Crippen molar-refractivity contribution < 1.29 is 9.18 Å². The van der Waals surface area contributed by atoms with Gasteiger partial charge in [0.15, 0.2) is 0 Å². The first-order chi connectivity index (χ1) is 16.1. The van der Waals surface area contributed by atoms with Crippen LogP contribution >= 0.6 is 11.6 Å². The molecule has 7 heteroatoms. The van der Waals surface area contributed by atoms with Gasteiger partial charge < -0.3 is 16.0 Å². The van der Waals surface area contributed by atoms with Crippen molar-refractivity contribution in [3.63, 3.8) is 0 Å². The van der Waals surface area contributed by atoms with Crippen LogP contribution in [0.3, 0.4) is 0 Å². The lowest BCUT2D eigenvalue weighted by atomic mass is 10.0. The molecule has 2 aromatic carbocycles. The number of hydrogen-bond donors (Lipinski definition) is 3. The maximum atomic E-state index is 13.3. The predicted molar refractivity (Wildman–Crippen MR) is 133 cm³/mol. The van der Waals surface area contributed by atoms with Gasteiger partial charge in [-0.1, -0.05) is 35.9 Å². The molecule has 0 spiro atoms. The van der Waals surface area contributed by atoms with E-state index in [4.69, 9.17) is 11.6 Å². The van der Waals surface area contributed by atoms with Crippen molar-refractivity contribution in [3.8, 4) is 0 Å². The van der Waals surface area contributed by atoms with Crippen LogP contribution < -0.4 is 16.0 Å². The molecule has 3 N–H and O–H groups in total. The number of hydrogen-bond acceptors (Lipinski definition) is 4. The van der Waals surface area contributed by atoms with Gasteiger partial charge in [-0.25, -0.2) is 4.39 Å². The Balaban J connectivity index is 1.17. The standard InChI is InChI=1S/C26H32ClFN4O/c27-24-18-20(5-8-25(24)28)26(33)31-23-11-16-32(17-12-23)15-1-2-19-3-6-21(7-4-19)30-22-9-13-29-14-10-22/h1-8,18,22-23,29-30H,9-17H2,(H,31,33)/b2-1+. The highest BCUT2D eigenvalue weighted by atomic mass is 35.5. The molecule has 5 nitrogen and oxygen atoms in total. The summed E-state index contributed by atoms with van der Waals surface area (Å²) in [7, 11) is 0. The average Bonchev–Trinajstić information content (AvgIpc) is 2.84. The van der Waals surface area contributed by atoms with Crippen LogP contribution in [-0.2, 0) is 0 Å². The Morgan fingerprint density at radius 1 is 1.06 bits per heavy atom. The van der Waals surface area contributed by atoms with Crippen LogP contribution in [0.1, 0.15) is 41.6 Å². The van der Waals surface area contributed by atoms with Crippen LogP contribution in [-0.4, -0.2) is 55.6 Å². The molecule has 2 aromatic rings. The van der Waals surface area contributed by atoms with E-state index in [2.05, 4.69) is 57.3 Å². The Hall–Kier alpha value is -2.41. The van der Waals surface area contributed by atoms with Crippen molar-refractivity contribution in [1.29, 1.82) is 0 Å². The zero-order valence-corrected chi connectivity index (χ0v) is 19.6. The summed E-state index contributed by atoms with van der Waals surface area (Å²) < 4.78 is 13.3. The third-order valence-corrected chi connectivity index (χ3v) is 6.69. The van der Waals surface area contributed by atoms with Gasteiger partial charge in [0.05, 0.1) is 5.02 Å². The number of anilines is 1. The number of likely N-dealkylation sites (tertiary alicyclic amines) is 1. The fourth-order valence-electron chi connectivity index (χ4n) is 4.40. The minimum absolute atomic E-state index is 0.0306. The molecule has 33 heavy (non-hydrogen) atoms. The number of nitrogens with zero attached hydrogens (tertiary/aromatic N) is 1. The number of amides is 1. The number of carbonyl (C=O) groups excluding carboxylic acids is 1. The van der Waals surface area contributed by atoms with E-state index in [9.17, 15) is 9.18 Å². The van der Waals surface area contributed by atoms with Crippen molar-refractivity contribution in [1.82, 2.24) is 15.5 Å². The third kappa shape index (κ3) is 7.03. The second-order valence-electron chi connectivity index (χ2n) is 8.87. The highest BCUT2D eigenvalue weighted by molar-refractivity contribution is 6.31. The topological polar surface area (TPSA) is 56.4 Å². The molecule has 0 saturated carbocycles. The summed E-state index contributed by atoms with van der Waals surface area (Å²) in [5.74, 6) is -0.715. The average molecular weight is 471 g/mol. The minimum Gasteiger partial charge on any atom is -0.382 e. The Bertz CT molecular complexity index is 951. The van der Waals surface area contributed by atoms with Gasteiger partial charge in [-0.3, -0.25) is 9.69 Å². The molecule has 2 saturated heterocycles. The van der Waals surface area contributed by atoms with E-state index in [0.29, 0.717) is 11.6 Å². The van der Waals surface area contributed by atoms with Gasteiger partial charge in [0.25, 0.3) is 5.91 Å². The first-order valence-electron chi connectivity index (χ1n) is 11.8. The van der Waals surface area contributed by atoms with Gasteiger partial charge in [0.2, 0.25) is 0 Å². The zero-order valence-electron chi connectivity index (χ0n) is 18.8. The maximum Gasteiger partial charge on any atom is 0.251 e. The number of halogens is 2. The second kappa shape index (κ2) is 11.6. The van der Waals surface area contributed by atoms with Crippen molar-refractivity contribution >= 4 is 29.3 Å². The van der Waals surface area contributed by atoms with Gasteiger partial charge in [0.1, 0.15) is 5.82 Å². The zero-order chi connectivity index (χ0) is 23.0. The number of rotatable bonds is 7. The molecule has 2 fully saturated rings. The Kier molecular flexibility index (Phi) is 8.37. The van der Waals surface area contributed by atoms with E-state index in [1.807, 2.05) is 0 Å². The van der Waals surface area contributed by atoms with Crippen LogP contribution in [0.2, 0.25) is 5.02 Å². The molecule has 2 aliphatic rings. The van der Waals surface area contributed by atoms with E-state index in [1.54, 1.807) is 0 Å². The number of piperidine rings is 2. The van der Waals surface area contributed by atoms with Crippen LogP contribution in [0.15, 0.2) is 48.5 Å². The lowest BCUT2D eigenvalue weighted by molar-refractivity contribution is 0.0914. The molecular weight excluding hydrogens is 439 g/mol. The fourth-order valence-corrected chi connectivity index (χ4v) is 4.58. The van der Waals surface area contributed by atoms with E-state index >= 15 is 0 Å². The van der Waals surface area contributed by atoms with Crippen LogP contribution in [0.5, 0.6) is 0 Å². The lowest BCUT2D eigenvalue weighted by Gasteiger charge is -2.31. The largest absolute Gasteiger partial charge is 0.382 e. The summed E-state index contributed by atoms with van der Waals surface area (Å²) in [6.45, 7) is 4.93. The van der Waals surface area contributed by atoms with E-state index in [1.165, 1.54) is 42.3 Å². The molecule has 1 amide bonds. The number of benzene rings is 2. The fraction of sp³-hybridized carbons (Fsp3) is 0.423. The van der Waals surface area contributed by atoms with Gasteiger partial charge >= 0.3 is 0 Å².